The molecule has 1 aromatic carbocycles. The van der Waals surface area contributed by atoms with Crippen molar-refractivity contribution in [1.29, 1.82) is 0 Å². The van der Waals surface area contributed by atoms with Crippen LogP contribution in [-0.2, 0) is 4.79 Å². The monoisotopic (exact) mass is 217 g/mol. The van der Waals surface area contributed by atoms with E-state index in [-0.39, 0.29) is 5.56 Å². The lowest BCUT2D eigenvalue weighted by molar-refractivity contribution is -0.138. The van der Waals surface area contributed by atoms with Gasteiger partial charge >= 0.3 is 5.97 Å². The van der Waals surface area contributed by atoms with Crippen molar-refractivity contribution in [1.82, 2.24) is 4.98 Å². The average Bonchev–Trinajstić information content (AvgIpc) is 2.28. The number of aliphatic carboxylic acids is 1. The normalized spacial score (nSPS) is 12.6. The Kier molecular flexibility index (Phi) is 2.48. The summed E-state index contributed by atoms with van der Waals surface area (Å²) in [6, 6.07) is 8.80. The first kappa shape index (κ1) is 10.4. The van der Waals surface area contributed by atoms with E-state index in [9.17, 15) is 9.59 Å². The number of carboxylic acid groups (broad SMARTS) is 1. The van der Waals surface area contributed by atoms with Gasteiger partial charge in [-0.25, -0.2) is 0 Å². The van der Waals surface area contributed by atoms with Gasteiger partial charge in [0.2, 0.25) is 0 Å². The fourth-order valence-electron chi connectivity index (χ4n) is 1.60. The molecule has 0 aliphatic carbocycles. The van der Waals surface area contributed by atoms with Gasteiger partial charge in [0.15, 0.2) is 0 Å². The van der Waals surface area contributed by atoms with Gasteiger partial charge in [0.25, 0.3) is 5.56 Å². The first-order valence-corrected chi connectivity index (χ1v) is 4.94. The maximum atomic E-state index is 11.7. The number of hydrogen-bond donors (Lipinski definition) is 2. The third-order valence-electron chi connectivity index (χ3n) is 2.61. The third-order valence-corrected chi connectivity index (χ3v) is 2.61. The summed E-state index contributed by atoms with van der Waals surface area (Å²) in [5, 5.41) is 10.2. The zero-order chi connectivity index (χ0) is 11.7. The number of aromatic amines is 1. The molecular weight excluding hydrogens is 206 g/mol. The Morgan fingerprint density at radius 1 is 1.38 bits per heavy atom. The Bertz CT molecular complexity index is 600. The summed E-state index contributed by atoms with van der Waals surface area (Å²) in [5.41, 5.74) is 0.178. The van der Waals surface area contributed by atoms with Crippen LogP contribution in [0.5, 0.6) is 0 Å². The highest BCUT2D eigenvalue weighted by Crippen LogP contribution is 2.16. The molecule has 0 amide bonds. The number of benzene rings is 1. The third kappa shape index (κ3) is 1.69. The standard InChI is InChI=1S/C12H11NO3/c1-7(12(15)16)10-6-8-4-2-3-5-9(8)11(14)13-10/h2-7H,1H3,(H,13,14)(H,15,16). The van der Waals surface area contributed by atoms with Crippen LogP contribution in [-0.4, -0.2) is 16.1 Å². The molecule has 0 fully saturated rings. The lowest BCUT2D eigenvalue weighted by Gasteiger charge is -2.07. The smallest absolute Gasteiger partial charge is 0.312 e. The quantitative estimate of drug-likeness (QED) is 0.804. The predicted molar refractivity (Wildman–Crippen MR) is 60.6 cm³/mol. The van der Waals surface area contributed by atoms with Crippen LogP contribution >= 0.6 is 0 Å². The van der Waals surface area contributed by atoms with E-state index in [1.165, 1.54) is 0 Å². The van der Waals surface area contributed by atoms with Crippen LogP contribution in [0.1, 0.15) is 18.5 Å². The van der Waals surface area contributed by atoms with Gasteiger partial charge in [0.1, 0.15) is 0 Å². The molecule has 0 spiro atoms. The zero-order valence-corrected chi connectivity index (χ0v) is 8.73. The summed E-state index contributed by atoms with van der Waals surface area (Å²) in [6.45, 7) is 1.54. The van der Waals surface area contributed by atoms with Crippen LogP contribution in [0.15, 0.2) is 35.1 Å². The van der Waals surface area contributed by atoms with Gasteiger partial charge in [-0.2, -0.15) is 0 Å². The molecule has 2 aromatic rings. The van der Waals surface area contributed by atoms with Gasteiger partial charge in [-0.1, -0.05) is 18.2 Å². The van der Waals surface area contributed by atoms with Crippen molar-refractivity contribution in [2.75, 3.05) is 0 Å². The number of fused-ring (bicyclic) bond motifs is 1. The predicted octanol–water partition coefficient (Wildman–Crippen LogP) is 1.72. The molecule has 1 atom stereocenters. The summed E-state index contributed by atoms with van der Waals surface area (Å²) in [7, 11) is 0. The number of carboxylic acids is 1. The van der Waals surface area contributed by atoms with Gasteiger partial charge in [-0.3, -0.25) is 9.59 Å². The molecule has 0 radical (unpaired) electrons. The number of nitrogens with one attached hydrogen (secondary N) is 1. The Hall–Kier alpha value is -2.10. The molecule has 0 saturated heterocycles. The molecule has 0 bridgehead atoms. The minimum atomic E-state index is -0.953. The first-order chi connectivity index (χ1) is 7.59. The minimum absolute atomic E-state index is 0.249. The number of pyridine rings is 1. The van der Waals surface area contributed by atoms with Crippen molar-refractivity contribution in [2.45, 2.75) is 12.8 Å². The summed E-state index contributed by atoms with van der Waals surface area (Å²) in [6.07, 6.45) is 0. The van der Waals surface area contributed by atoms with Crippen molar-refractivity contribution in [3.05, 3.63) is 46.4 Å². The molecule has 1 heterocycles. The summed E-state index contributed by atoms with van der Waals surface area (Å²) < 4.78 is 0. The second-order valence-corrected chi connectivity index (χ2v) is 3.70. The Morgan fingerprint density at radius 3 is 2.75 bits per heavy atom. The fraction of sp³-hybridized carbons (Fsp3) is 0.167. The minimum Gasteiger partial charge on any atom is -0.481 e. The number of hydrogen-bond acceptors (Lipinski definition) is 2. The van der Waals surface area contributed by atoms with Gasteiger partial charge in [-0.15, -0.1) is 0 Å². The van der Waals surface area contributed by atoms with Gasteiger partial charge < -0.3 is 10.1 Å². The molecule has 0 saturated carbocycles. The molecular formula is C12H11NO3. The lowest BCUT2D eigenvalue weighted by atomic mass is 10.0. The molecule has 82 valence electrons. The largest absolute Gasteiger partial charge is 0.481 e. The SMILES string of the molecule is CC(C(=O)O)c1cc2ccccc2c(=O)[nH]1. The molecule has 4 nitrogen and oxygen atoms in total. The van der Waals surface area contributed by atoms with E-state index in [0.29, 0.717) is 11.1 Å². The van der Waals surface area contributed by atoms with E-state index in [1.807, 2.05) is 6.07 Å². The Morgan fingerprint density at radius 2 is 2.06 bits per heavy atom. The molecule has 0 aliphatic rings. The highest BCUT2D eigenvalue weighted by molar-refractivity contribution is 5.83. The van der Waals surface area contributed by atoms with Crippen LogP contribution in [0, 0.1) is 0 Å². The van der Waals surface area contributed by atoms with E-state index < -0.39 is 11.9 Å². The molecule has 1 unspecified atom stereocenters. The number of carbonyl (C=O) groups is 1. The number of H-pyrrole nitrogens is 1. The summed E-state index contributed by atoms with van der Waals surface area (Å²) in [5.74, 6) is -1.66. The van der Waals surface area contributed by atoms with Crippen molar-refractivity contribution in [3.8, 4) is 0 Å². The van der Waals surface area contributed by atoms with Crippen molar-refractivity contribution in [3.63, 3.8) is 0 Å². The highest BCUT2D eigenvalue weighted by atomic mass is 16.4. The zero-order valence-electron chi connectivity index (χ0n) is 8.73. The second-order valence-electron chi connectivity index (χ2n) is 3.70. The van der Waals surface area contributed by atoms with Crippen molar-refractivity contribution < 1.29 is 9.90 Å². The summed E-state index contributed by atoms with van der Waals surface area (Å²) >= 11 is 0. The fourth-order valence-corrected chi connectivity index (χ4v) is 1.60. The lowest BCUT2D eigenvalue weighted by Crippen LogP contribution is -2.15. The maximum Gasteiger partial charge on any atom is 0.312 e. The van der Waals surface area contributed by atoms with Crippen LogP contribution in [0.25, 0.3) is 10.8 Å². The highest BCUT2D eigenvalue weighted by Gasteiger charge is 2.15. The Balaban J connectivity index is 2.67. The maximum absolute atomic E-state index is 11.7. The molecule has 2 N–H and O–H groups in total. The van der Waals surface area contributed by atoms with Crippen LogP contribution < -0.4 is 5.56 Å². The van der Waals surface area contributed by atoms with Gasteiger partial charge in [0, 0.05) is 11.1 Å². The molecule has 16 heavy (non-hydrogen) atoms. The van der Waals surface area contributed by atoms with Gasteiger partial charge in [0.05, 0.1) is 5.92 Å². The topological polar surface area (TPSA) is 70.2 Å². The Labute approximate surface area is 91.5 Å². The van der Waals surface area contributed by atoms with E-state index in [1.54, 1.807) is 31.2 Å². The van der Waals surface area contributed by atoms with Crippen LogP contribution in [0.3, 0.4) is 0 Å². The second kappa shape index (κ2) is 3.81. The van der Waals surface area contributed by atoms with Crippen molar-refractivity contribution in [2.24, 2.45) is 0 Å². The van der Waals surface area contributed by atoms with E-state index in [0.717, 1.165) is 5.39 Å². The summed E-state index contributed by atoms with van der Waals surface area (Å²) in [4.78, 5) is 25.1. The van der Waals surface area contributed by atoms with Gasteiger partial charge in [-0.05, 0) is 24.4 Å². The van der Waals surface area contributed by atoms with Crippen LogP contribution in [0.4, 0.5) is 0 Å². The van der Waals surface area contributed by atoms with Crippen molar-refractivity contribution >= 4 is 16.7 Å². The number of aromatic nitrogens is 1. The molecule has 1 aromatic heterocycles. The molecule has 2 rings (SSSR count). The molecule has 0 aliphatic heterocycles. The van der Waals surface area contributed by atoms with Crippen LogP contribution in [0.2, 0.25) is 0 Å². The molecule has 4 heteroatoms. The first-order valence-electron chi connectivity index (χ1n) is 4.94. The van der Waals surface area contributed by atoms with E-state index >= 15 is 0 Å². The van der Waals surface area contributed by atoms with E-state index in [4.69, 9.17) is 5.11 Å². The van der Waals surface area contributed by atoms with E-state index in [2.05, 4.69) is 4.98 Å². The number of rotatable bonds is 2. The average molecular weight is 217 g/mol.